The van der Waals surface area contributed by atoms with E-state index in [4.69, 9.17) is 11.6 Å². The van der Waals surface area contributed by atoms with Crippen LogP contribution in [0.4, 0.5) is 0 Å². The Labute approximate surface area is 176 Å². The SMILES string of the molecule is O=C(c1cn(Cc2ccccc2Cl)nn1)N1CCC(CCc2ccccc2)CC1. The van der Waals surface area contributed by atoms with Gasteiger partial charge in [-0.05, 0) is 48.8 Å². The molecule has 0 radical (unpaired) electrons. The zero-order chi connectivity index (χ0) is 20.1. The number of carbonyl (C=O) groups is 1. The fourth-order valence-corrected chi connectivity index (χ4v) is 4.07. The van der Waals surface area contributed by atoms with Gasteiger partial charge in [-0.1, -0.05) is 65.3 Å². The summed E-state index contributed by atoms with van der Waals surface area (Å²) in [4.78, 5) is 14.7. The molecule has 1 aliphatic heterocycles. The van der Waals surface area contributed by atoms with Gasteiger partial charge >= 0.3 is 0 Å². The number of aromatic nitrogens is 3. The molecule has 1 saturated heterocycles. The van der Waals surface area contributed by atoms with E-state index < -0.39 is 0 Å². The monoisotopic (exact) mass is 408 g/mol. The van der Waals surface area contributed by atoms with Crippen LogP contribution in [0.5, 0.6) is 0 Å². The molecule has 150 valence electrons. The molecule has 1 fully saturated rings. The first-order valence-electron chi connectivity index (χ1n) is 10.2. The van der Waals surface area contributed by atoms with Crippen LogP contribution in [0, 0.1) is 5.92 Å². The van der Waals surface area contributed by atoms with Crippen molar-refractivity contribution in [2.24, 2.45) is 5.92 Å². The number of hydrogen-bond acceptors (Lipinski definition) is 3. The Balaban J connectivity index is 1.28. The first-order chi connectivity index (χ1) is 14.2. The maximum atomic E-state index is 12.8. The van der Waals surface area contributed by atoms with Crippen LogP contribution >= 0.6 is 11.6 Å². The second-order valence-electron chi connectivity index (χ2n) is 7.65. The molecule has 4 rings (SSSR count). The molecule has 0 spiro atoms. The number of rotatable bonds is 6. The maximum Gasteiger partial charge on any atom is 0.276 e. The molecule has 0 N–H and O–H groups in total. The predicted octanol–water partition coefficient (Wildman–Crippen LogP) is 4.46. The minimum Gasteiger partial charge on any atom is -0.337 e. The number of benzene rings is 2. The van der Waals surface area contributed by atoms with Gasteiger partial charge in [0.15, 0.2) is 5.69 Å². The van der Waals surface area contributed by atoms with E-state index >= 15 is 0 Å². The number of likely N-dealkylation sites (tertiary alicyclic amines) is 1. The van der Waals surface area contributed by atoms with Crippen molar-refractivity contribution in [2.45, 2.75) is 32.2 Å². The summed E-state index contributed by atoms with van der Waals surface area (Å²) in [5.74, 6) is 0.645. The van der Waals surface area contributed by atoms with Crippen LogP contribution in [-0.4, -0.2) is 38.9 Å². The van der Waals surface area contributed by atoms with Crippen LogP contribution < -0.4 is 0 Å². The molecule has 0 unspecified atom stereocenters. The van der Waals surface area contributed by atoms with Crippen molar-refractivity contribution in [1.29, 1.82) is 0 Å². The smallest absolute Gasteiger partial charge is 0.276 e. The second-order valence-corrected chi connectivity index (χ2v) is 8.06. The van der Waals surface area contributed by atoms with Gasteiger partial charge < -0.3 is 4.90 Å². The summed E-state index contributed by atoms with van der Waals surface area (Å²) in [5, 5.41) is 8.89. The number of amides is 1. The third-order valence-electron chi connectivity index (χ3n) is 5.63. The van der Waals surface area contributed by atoms with E-state index in [1.807, 2.05) is 29.2 Å². The summed E-state index contributed by atoms with van der Waals surface area (Å²) in [6, 6.07) is 18.2. The first-order valence-corrected chi connectivity index (χ1v) is 10.5. The Morgan fingerprint density at radius 1 is 1.03 bits per heavy atom. The van der Waals surface area contributed by atoms with Crippen LogP contribution in [0.2, 0.25) is 5.02 Å². The molecule has 1 aromatic heterocycles. The molecule has 29 heavy (non-hydrogen) atoms. The standard InChI is InChI=1S/C23H25ClN4O/c24-21-9-5-4-8-20(21)16-28-17-22(25-26-28)23(29)27-14-12-19(13-15-27)11-10-18-6-2-1-3-7-18/h1-9,17,19H,10-16H2. The van der Waals surface area contributed by atoms with Gasteiger partial charge in [-0.25, -0.2) is 4.68 Å². The Morgan fingerprint density at radius 2 is 1.76 bits per heavy atom. The third-order valence-corrected chi connectivity index (χ3v) is 6.00. The molecule has 1 aliphatic rings. The number of carbonyl (C=O) groups excluding carboxylic acids is 1. The van der Waals surface area contributed by atoms with Gasteiger partial charge in [0.05, 0.1) is 12.7 Å². The molecular formula is C23H25ClN4O. The van der Waals surface area contributed by atoms with E-state index in [1.165, 1.54) is 12.0 Å². The summed E-state index contributed by atoms with van der Waals surface area (Å²) in [6.07, 6.45) is 6.10. The zero-order valence-electron chi connectivity index (χ0n) is 16.4. The van der Waals surface area contributed by atoms with Crippen LogP contribution in [0.25, 0.3) is 0 Å². The number of halogens is 1. The molecule has 3 aromatic rings. The lowest BCUT2D eigenvalue weighted by molar-refractivity contribution is 0.0681. The molecule has 5 nitrogen and oxygen atoms in total. The summed E-state index contributed by atoms with van der Waals surface area (Å²) >= 11 is 6.21. The van der Waals surface area contributed by atoms with Crippen molar-refractivity contribution in [3.05, 3.63) is 82.6 Å². The van der Waals surface area contributed by atoms with Gasteiger partial charge in [0.2, 0.25) is 0 Å². The minimum atomic E-state index is -0.0306. The summed E-state index contributed by atoms with van der Waals surface area (Å²) in [5.41, 5.74) is 2.75. The first kappa shape index (κ1) is 19.6. The van der Waals surface area contributed by atoms with Gasteiger partial charge in [0, 0.05) is 18.1 Å². The zero-order valence-corrected chi connectivity index (χ0v) is 17.1. The Morgan fingerprint density at radius 3 is 2.52 bits per heavy atom. The quantitative estimate of drug-likeness (QED) is 0.604. The van der Waals surface area contributed by atoms with Crippen molar-refractivity contribution in [1.82, 2.24) is 19.9 Å². The summed E-state index contributed by atoms with van der Waals surface area (Å²) in [7, 11) is 0. The summed E-state index contributed by atoms with van der Waals surface area (Å²) in [6.45, 7) is 2.08. The van der Waals surface area contributed by atoms with Crippen LogP contribution in [0.1, 0.15) is 40.9 Å². The number of aryl methyl sites for hydroxylation is 1. The van der Waals surface area contributed by atoms with Gasteiger partial charge in [-0.2, -0.15) is 0 Å². The Bertz CT molecular complexity index is 948. The van der Waals surface area contributed by atoms with Crippen LogP contribution in [0.3, 0.4) is 0 Å². The molecule has 2 aromatic carbocycles. The molecule has 2 heterocycles. The molecule has 0 atom stereocenters. The average molecular weight is 409 g/mol. The summed E-state index contributed by atoms with van der Waals surface area (Å²) < 4.78 is 1.67. The van der Waals surface area contributed by atoms with E-state index in [-0.39, 0.29) is 5.91 Å². The number of piperidine rings is 1. The highest BCUT2D eigenvalue weighted by Gasteiger charge is 2.25. The van der Waals surface area contributed by atoms with Gasteiger partial charge in [-0.3, -0.25) is 4.79 Å². The maximum absolute atomic E-state index is 12.8. The lowest BCUT2D eigenvalue weighted by Crippen LogP contribution is -2.38. The van der Waals surface area contributed by atoms with Gasteiger partial charge in [0.1, 0.15) is 0 Å². The molecule has 1 amide bonds. The van der Waals surface area contributed by atoms with Gasteiger partial charge in [-0.15, -0.1) is 5.10 Å². The lowest BCUT2D eigenvalue weighted by Gasteiger charge is -2.31. The van der Waals surface area contributed by atoms with E-state index in [2.05, 4.69) is 40.6 Å². The Hall–Kier alpha value is -2.66. The predicted molar refractivity (Wildman–Crippen MR) is 114 cm³/mol. The minimum absolute atomic E-state index is 0.0306. The molecule has 0 aliphatic carbocycles. The molecule has 0 bridgehead atoms. The van der Waals surface area contributed by atoms with E-state index in [0.717, 1.165) is 37.9 Å². The lowest BCUT2D eigenvalue weighted by atomic mass is 9.90. The van der Waals surface area contributed by atoms with Crippen molar-refractivity contribution in [3.8, 4) is 0 Å². The normalized spacial score (nSPS) is 14.9. The van der Waals surface area contributed by atoms with E-state index in [0.29, 0.717) is 23.2 Å². The Kier molecular flexibility index (Phi) is 6.25. The highest BCUT2D eigenvalue weighted by atomic mass is 35.5. The fourth-order valence-electron chi connectivity index (χ4n) is 3.88. The fraction of sp³-hybridized carbons (Fsp3) is 0.348. The van der Waals surface area contributed by atoms with Crippen molar-refractivity contribution >= 4 is 17.5 Å². The van der Waals surface area contributed by atoms with Crippen LogP contribution in [-0.2, 0) is 13.0 Å². The number of hydrogen-bond donors (Lipinski definition) is 0. The van der Waals surface area contributed by atoms with E-state index in [1.54, 1.807) is 10.9 Å². The largest absolute Gasteiger partial charge is 0.337 e. The van der Waals surface area contributed by atoms with Gasteiger partial charge in [0.25, 0.3) is 5.91 Å². The highest BCUT2D eigenvalue weighted by Crippen LogP contribution is 2.23. The highest BCUT2D eigenvalue weighted by molar-refractivity contribution is 6.31. The molecule has 6 heteroatoms. The average Bonchev–Trinajstić information content (AvgIpc) is 3.23. The molecule has 0 saturated carbocycles. The van der Waals surface area contributed by atoms with Crippen molar-refractivity contribution < 1.29 is 4.79 Å². The van der Waals surface area contributed by atoms with Crippen molar-refractivity contribution in [3.63, 3.8) is 0 Å². The van der Waals surface area contributed by atoms with Crippen LogP contribution in [0.15, 0.2) is 60.8 Å². The third kappa shape index (κ3) is 5.04. The molecular weight excluding hydrogens is 384 g/mol. The van der Waals surface area contributed by atoms with Crippen molar-refractivity contribution in [2.75, 3.05) is 13.1 Å². The second kappa shape index (κ2) is 9.23. The number of nitrogens with zero attached hydrogens (tertiary/aromatic N) is 4. The topological polar surface area (TPSA) is 51.0 Å². The van der Waals surface area contributed by atoms with E-state index in [9.17, 15) is 4.79 Å².